The lowest BCUT2D eigenvalue weighted by Crippen LogP contribution is -2.53. The molecule has 1 aliphatic rings. The molecular weight excluding hydrogens is 432 g/mol. The van der Waals surface area contributed by atoms with Crippen molar-refractivity contribution in [1.29, 1.82) is 5.26 Å². The Morgan fingerprint density at radius 2 is 2.09 bits per heavy atom. The van der Waals surface area contributed by atoms with Gasteiger partial charge in [-0.05, 0) is 31.5 Å². The number of aryl methyl sites for hydroxylation is 1. The third-order valence-corrected chi connectivity index (χ3v) is 6.73. The summed E-state index contributed by atoms with van der Waals surface area (Å²) in [6.07, 6.45) is 3.25. The van der Waals surface area contributed by atoms with Crippen molar-refractivity contribution in [2.45, 2.75) is 32.4 Å². The molecule has 0 spiro atoms. The number of hydrogen-bond acceptors (Lipinski definition) is 7. The first kappa shape index (κ1) is 21.9. The molecular formula is C24H26N8O2. The van der Waals surface area contributed by atoms with Gasteiger partial charge in [0.15, 0.2) is 5.65 Å². The highest BCUT2D eigenvalue weighted by Crippen LogP contribution is 2.29. The summed E-state index contributed by atoms with van der Waals surface area (Å²) in [6, 6.07) is 10.0. The van der Waals surface area contributed by atoms with Crippen LogP contribution in [0.5, 0.6) is 0 Å². The van der Waals surface area contributed by atoms with E-state index in [-0.39, 0.29) is 29.6 Å². The number of nitriles is 1. The number of piperazine rings is 1. The summed E-state index contributed by atoms with van der Waals surface area (Å²) in [5, 5.41) is 9.07. The summed E-state index contributed by atoms with van der Waals surface area (Å²) < 4.78 is 3.24. The van der Waals surface area contributed by atoms with Gasteiger partial charge in [0.05, 0.1) is 47.3 Å². The first-order valence-electron chi connectivity index (χ1n) is 11.3. The Kier molecular flexibility index (Phi) is 5.42. The molecule has 4 heterocycles. The van der Waals surface area contributed by atoms with Crippen LogP contribution >= 0.6 is 0 Å². The van der Waals surface area contributed by atoms with Crippen LogP contribution in [0.25, 0.3) is 16.7 Å². The molecule has 0 amide bonds. The summed E-state index contributed by atoms with van der Waals surface area (Å²) in [5.41, 5.74) is 4.41. The molecule has 1 aromatic carbocycles. The average Bonchev–Trinajstić information content (AvgIpc) is 3.25. The Morgan fingerprint density at radius 3 is 2.85 bits per heavy atom. The fourth-order valence-electron chi connectivity index (χ4n) is 4.81. The molecule has 34 heavy (non-hydrogen) atoms. The molecule has 1 N–H and O–H groups in total. The molecule has 3 aromatic heterocycles. The molecule has 0 radical (unpaired) electrons. The number of nitrogens with zero attached hydrogens (tertiary/aromatic N) is 7. The number of benzene rings is 1. The third kappa shape index (κ3) is 3.74. The van der Waals surface area contributed by atoms with Gasteiger partial charge in [-0.2, -0.15) is 5.26 Å². The van der Waals surface area contributed by atoms with Crippen LogP contribution in [0.3, 0.4) is 0 Å². The molecule has 1 fully saturated rings. The van der Waals surface area contributed by atoms with Crippen LogP contribution < -0.4 is 16.0 Å². The number of fused-ring (bicyclic) bond motifs is 2. The summed E-state index contributed by atoms with van der Waals surface area (Å²) in [5.74, 6) is 0. The van der Waals surface area contributed by atoms with Crippen molar-refractivity contribution in [3.63, 3.8) is 0 Å². The van der Waals surface area contributed by atoms with Crippen molar-refractivity contribution < 1.29 is 0 Å². The summed E-state index contributed by atoms with van der Waals surface area (Å²) in [6.45, 7) is 6.65. The van der Waals surface area contributed by atoms with E-state index < -0.39 is 0 Å². The Hall–Kier alpha value is -3.97. The van der Waals surface area contributed by atoms with Gasteiger partial charge < -0.3 is 9.88 Å². The molecule has 1 saturated heterocycles. The first-order chi connectivity index (χ1) is 16.4. The van der Waals surface area contributed by atoms with Crippen molar-refractivity contribution in [3.05, 3.63) is 68.6 Å². The second-order valence-electron chi connectivity index (χ2n) is 8.86. The van der Waals surface area contributed by atoms with Gasteiger partial charge in [0.2, 0.25) is 0 Å². The maximum Gasteiger partial charge on any atom is 0.267 e. The van der Waals surface area contributed by atoms with Crippen LogP contribution in [0.15, 0.2) is 46.2 Å². The van der Waals surface area contributed by atoms with Crippen molar-refractivity contribution >= 4 is 22.4 Å². The van der Waals surface area contributed by atoms with Crippen LogP contribution in [-0.2, 0) is 13.5 Å². The van der Waals surface area contributed by atoms with E-state index in [1.807, 2.05) is 12.1 Å². The second-order valence-corrected chi connectivity index (χ2v) is 8.86. The number of aromatic amines is 1. The smallest absolute Gasteiger partial charge is 0.267 e. The van der Waals surface area contributed by atoms with E-state index in [2.05, 4.69) is 50.7 Å². The van der Waals surface area contributed by atoms with Gasteiger partial charge in [-0.3, -0.25) is 14.5 Å². The number of rotatable bonds is 4. The Morgan fingerprint density at radius 1 is 1.26 bits per heavy atom. The highest BCUT2D eigenvalue weighted by Gasteiger charge is 2.29. The number of anilines is 1. The zero-order valence-electron chi connectivity index (χ0n) is 19.4. The largest absolute Gasteiger partial charge is 0.363 e. The number of H-pyrrole nitrogens is 1. The predicted octanol–water partition coefficient (Wildman–Crippen LogP) is 1.61. The van der Waals surface area contributed by atoms with Gasteiger partial charge in [-0.15, -0.1) is 0 Å². The predicted molar refractivity (Wildman–Crippen MR) is 129 cm³/mol. The molecule has 2 atom stereocenters. The minimum Gasteiger partial charge on any atom is -0.363 e. The fourth-order valence-corrected chi connectivity index (χ4v) is 4.81. The van der Waals surface area contributed by atoms with E-state index in [0.29, 0.717) is 11.3 Å². The summed E-state index contributed by atoms with van der Waals surface area (Å²) in [4.78, 5) is 40.6. The molecule has 0 aliphatic carbocycles. The van der Waals surface area contributed by atoms with Crippen molar-refractivity contribution in [3.8, 4) is 6.07 Å². The molecule has 5 rings (SSSR count). The average molecular weight is 459 g/mol. The quantitative estimate of drug-likeness (QED) is 0.494. The van der Waals surface area contributed by atoms with Gasteiger partial charge in [-0.1, -0.05) is 6.07 Å². The lowest BCUT2D eigenvalue weighted by molar-refractivity contribution is 0.176. The SMILES string of the molecule is CC(c1ccc2ncc(=O)[nH]c2c1)N1CCN(c2cc(=O)n(C)n3cc(CC#N)nc23)C(C)C1. The molecule has 10 nitrogen and oxygen atoms in total. The molecule has 4 aromatic rings. The molecule has 1 aliphatic heterocycles. The molecule has 0 saturated carbocycles. The second kappa shape index (κ2) is 8.43. The minimum atomic E-state index is -0.211. The number of nitrogens with one attached hydrogen (secondary N) is 1. The number of aromatic nitrogens is 5. The topological polar surface area (TPSA) is 115 Å². The Labute approximate surface area is 195 Å². The van der Waals surface area contributed by atoms with E-state index in [4.69, 9.17) is 5.26 Å². The van der Waals surface area contributed by atoms with E-state index in [1.165, 1.54) is 10.9 Å². The number of imidazole rings is 1. The lowest BCUT2D eigenvalue weighted by Gasteiger charge is -2.43. The highest BCUT2D eigenvalue weighted by molar-refractivity contribution is 5.74. The summed E-state index contributed by atoms with van der Waals surface area (Å²) in [7, 11) is 1.70. The van der Waals surface area contributed by atoms with Crippen LogP contribution in [0.2, 0.25) is 0 Å². The van der Waals surface area contributed by atoms with Gasteiger partial charge in [-0.25, -0.2) is 19.2 Å². The zero-order valence-corrected chi connectivity index (χ0v) is 19.4. The summed E-state index contributed by atoms with van der Waals surface area (Å²) >= 11 is 0. The van der Waals surface area contributed by atoms with Crippen LogP contribution in [0, 0.1) is 11.3 Å². The zero-order chi connectivity index (χ0) is 24.0. The monoisotopic (exact) mass is 458 g/mol. The van der Waals surface area contributed by atoms with Gasteiger partial charge >= 0.3 is 0 Å². The Bertz CT molecular complexity index is 1540. The molecule has 10 heteroatoms. The fraction of sp³-hybridized carbons (Fsp3) is 0.375. The molecule has 174 valence electrons. The highest BCUT2D eigenvalue weighted by atomic mass is 16.1. The van der Waals surface area contributed by atoms with Crippen molar-refractivity contribution in [2.75, 3.05) is 24.5 Å². The van der Waals surface area contributed by atoms with Gasteiger partial charge in [0.25, 0.3) is 11.1 Å². The minimum absolute atomic E-state index is 0.120. The molecule has 0 bridgehead atoms. The van der Waals surface area contributed by atoms with Crippen molar-refractivity contribution in [2.24, 2.45) is 7.05 Å². The van der Waals surface area contributed by atoms with Crippen LogP contribution in [-0.4, -0.2) is 54.7 Å². The first-order valence-corrected chi connectivity index (χ1v) is 11.3. The Balaban J connectivity index is 1.42. The van der Waals surface area contributed by atoms with Gasteiger partial charge in [0, 0.05) is 44.8 Å². The lowest BCUT2D eigenvalue weighted by atomic mass is 10.0. The van der Waals surface area contributed by atoms with E-state index in [9.17, 15) is 9.59 Å². The maximum absolute atomic E-state index is 12.6. The third-order valence-electron chi connectivity index (χ3n) is 6.73. The molecule has 2 unspecified atom stereocenters. The maximum atomic E-state index is 12.6. The standard InChI is InChI=1S/C24H26N8O2/c1-15-13-30(16(2)17-4-5-19-20(10-17)28-22(33)12-26-19)8-9-31(15)21-11-23(34)29(3)32-14-18(6-7-25)27-24(21)32/h4-5,10-12,14-16H,6,8-9,13H2,1-3H3,(H,28,33). The van der Waals surface area contributed by atoms with E-state index >= 15 is 0 Å². The van der Waals surface area contributed by atoms with Crippen molar-refractivity contribution in [1.82, 2.24) is 29.0 Å². The number of hydrogen-bond donors (Lipinski definition) is 1. The van der Waals surface area contributed by atoms with E-state index in [0.717, 1.165) is 41.9 Å². The normalized spacial score (nSPS) is 17.8. The van der Waals surface area contributed by atoms with Gasteiger partial charge in [0.1, 0.15) is 0 Å². The van der Waals surface area contributed by atoms with E-state index in [1.54, 1.807) is 23.8 Å². The van der Waals surface area contributed by atoms with Crippen LogP contribution in [0.4, 0.5) is 5.69 Å². The van der Waals surface area contributed by atoms with Crippen LogP contribution in [0.1, 0.15) is 31.1 Å².